The fourth-order valence-corrected chi connectivity index (χ4v) is 3.13. The quantitative estimate of drug-likeness (QED) is 0.449. The molecule has 7 nitrogen and oxygen atoms in total. The van der Waals surface area contributed by atoms with Crippen LogP contribution in [0.1, 0.15) is 18.1 Å². The first-order valence-corrected chi connectivity index (χ1v) is 9.19. The number of rotatable bonds is 6. The van der Waals surface area contributed by atoms with Gasteiger partial charge in [-0.2, -0.15) is 0 Å². The van der Waals surface area contributed by atoms with Crippen molar-refractivity contribution in [1.82, 2.24) is 25.4 Å². The summed E-state index contributed by atoms with van der Waals surface area (Å²) >= 11 is 0. The number of aryl methyl sites for hydroxylation is 1. The van der Waals surface area contributed by atoms with Crippen molar-refractivity contribution < 1.29 is 8.78 Å². The van der Waals surface area contributed by atoms with Gasteiger partial charge < -0.3 is 20.1 Å². The van der Waals surface area contributed by atoms with Crippen LogP contribution in [0.2, 0.25) is 0 Å². The van der Waals surface area contributed by atoms with Crippen LogP contribution in [0.4, 0.5) is 14.5 Å². The van der Waals surface area contributed by atoms with Gasteiger partial charge in [0, 0.05) is 32.7 Å². The largest absolute Gasteiger partial charge is 0.365 e. The van der Waals surface area contributed by atoms with E-state index in [1.807, 2.05) is 18.5 Å². The van der Waals surface area contributed by atoms with E-state index in [4.69, 9.17) is 0 Å². The van der Waals surface area contributed by atoms with Gasteiger partial charge in [-0.15, -0.1) is 16.8 Å². The molecule has 150 valence electrons. The predicted octanol–water partition coefficient (Wildman–Crippen LogP) is 1.90. The van der Waals surface area contributed by atoms with Crippen LogP contribution in [0, 0.1) is 18.6 Å². The molecule has 0 bridgehead atoms. The number of hydrogen-bond donors (Lipinski definition) is 2. The Hall–Kier alpha value is -2.97. The van der Waals surface area contributed by atoms with E-state index in [-0.39, 0.29) is 11.7 Å². The van der Waals surface area contributed by atoms with Gasteiger partial charge in [0.15, 0.2) is 11.8 Å². The molecule has 0 saturated carbocycles. The Balaban J connectivity index is 1.67. The van der Waals surface area contributed by atoms with E-state index in [1.54, 1.807) is 11.0 Å². The zero-order valence-electron chi connectivity index (χ0n) is 16.1. The Kier molecular flexibility index (Phi) is 6.23. The number of halogens is 2. The van der Waals surface area contributed by atoms with Gasteiger partial charge in [-0.1, -0.05) is 12.1 Å². The lowest BCUT2D eigenvalue weighted by Gasteiger charge is -2.21. The summed E-state index contributed by atoms with van der Waals surface area (Å²) in [6.45, 7) is 7.54. The molecular weight excluding hydrogens is 364 g/mol. The summed E-state index contributed by atoms with van der Waals surface area (Å²) in [5, 5.41) is 14.6. The van der Waals surface area contributed by atoms with Crippen molar-refractivity contribution in [2.24, 2.45) is 12.0 Å². The topological polar surface area (TPSA) is 70.4 Å². The van der Waals surface area contributed by atoms with Crippen molar-refractivity contribution in [3.05, 3.63) is 54.1 Å². The van der Waals surface area contributed by atoms with Gasteiger partial charge in [0.05, 0.1) is 0 Å². The van der Waals surface area contributed by atoms with Crippen LogP contribution < -0.4 is 15.5 Å². The van der Waals surface area contributed by atoms with Gasteiger partial charge >= 0.3 is 0 Å². The van der Waals surface area contributed by atoms with Crippen LogP contribution in [0.15, 0.2) is 35.8 Å². The van der Waals surface area contributed by atoms with Crippen molar-refractivity contribution >= 4 is 11.6 Å². The number of aliphatic imine (C=N–C) groups is 1. The predicted molar refractivity (Wildman–Crippen MR) is 105 cm³/mol. The molecule has 2 heterocycles. The molecule has 2 N–H and O–H groups in total. The number of guanidine groups is 1. The Bertz CT molecular complexity index is 842. The molecule has 9 heteroatoms. The van der Waals surface area contributed by atoms with Gasteiger partial charge in [-0.05, 0) is 25.5 Å². The first-order valence-electron chi connectivity index (χ1n) is 9.19. The maximum atomic E-state index is 14.0. The average Bonchev–Trinajstić information content (AvgIpc) is 3.25. The molecule has 1 unspecified atom stereocenters. The lowest BCUT2D eigenvalue weighted by atomic mass is 10.2. The molecule has 1 fully saturated rings. The number of anilines is 1. The minimum absolute atomic E-state index is 0.0105. The zero-order valence-corrected chi connectivity index (χ0v) is 16.1. The third-order valence-electron chi connectivity index (χ3n) is 4.76. The monoisotopic (exact) mass is 389 g/mol. The highest BCUT2D eigenvalue weighted by atomic mass is 19.1. The molecule has 2 aromatic rings. The summed E-state index contributed by atoms with van der Waals surface area (Å²) in [4.78, 5) is 6.28. The Morgan fingerprint density at radius 1 is 1.36 bits per heavy atom. The van der Waals surface area contributed by atoms with E-state index in [1.165, 1.54) is 18.2 Å². The van der Waals surface area contributed by atoms with Crippen molar-refractivity contribution in [2.45, 2.75) is 25.9 Å². The van der Waals surface area contributed by atoms with Gasteiger partial charge in [-0.3, -0.25) is 0 Å². The number of aromatic nitrogens is 3. The SMILES string of the molecule is C=CCNC(=NCc1nnc(C)n1C)NC1CCN(c2c(F)cccc2F)C1. The van der Waals surface area contributed by atoms with Crippen LogP contribution >= 0.6 is 0 Å². The first-order chi connectivity index (χ1) is 13.5. The minimum atomic E-state index is -0.544. The summed E-state index contributed by atoms with van der Waals surface area (Å²) < 4.78 is 30.0. The van der Waals surface area contributed by atoms with Gasteiger partial charge in [0.2, 0.25) is 0 Å². The molecule has 0 amide bonds. The number of nitrogens with zero attached hydrogens (tertiary/aromatic N) is 5. The Morgan fingerprint density at radius 3 is 2.75 bits per heavy atom. The summed E-state index contributed by atoms with van der Waals surface area (Å²) in [5.41, 5.74) is 0.0268. The molecule has 1 aromatic heterocycles. The second kappa shape index (κ2) is 8.81. The lowest BCUT2D eigenvalue weighted by Crippen LogP contribution is -2.44. The van der Waals surface area contributed by atoms with Crippen molar-refractivity contribution in [3.63, 3.8) is 0 Å². The minimum Gasteiger partial charge on any atom is -0.365 e. The number of nitrogens with one attached hydrogen (secondary N) is 2. The van der Waals surface area contributed by atoms with E-state index in [9.17, 15) is 8.78 Å². The van der Waals surface area contributed by atoms with E-state index in [0.717, 1.165) is 18.1 Å². The molecule has 1 aliphatic rings. The first kappa shape index (κ1) is 19.8. The summed E-state index contributed by atoms with van der Waals surface area (Å²) in [7, 11) is 1.89. The smallest absolute Gasteiger partial charge is 0.192 e. The Morgan fingerprint density at radius 2 is 2.11 bits per heavy atom. The molecule has 3 rings (SSSR count). The highest BCUT2D eigenvalue weighted by molar-refractivity contribution is 5.80. The Labute approximate surface area is 163 Å². The van der Waals surface area contributed by atoms with Crippen LogP contribution in [-0.2, 0) is 13.6 Å². The average molecular weight is 389 g/mol. The van der Waals surface area contributed by atoms with Crippen molar-refractivity contribution in [1.29, 1.82) is 0 Å². The summed E-state index contributed by atoms with van der Waals surface area (Å²) in [6.07, 6.45) is 2.48. The molecule has 0 aliphatic carbocycles. The van der Waals surface area contributed by atoms with Crippen molar-refractivity contribution in [2.75, 3.05) is 24.5 Å². The molecule has 28 heavy (non-hydrogen) atoms. The van der Waals surface area contributed by atoms with E-state index in [0.29, 0.717) is 32.1 Å². The van der Waals surface area contributed by atoms with E-state index in [2.05, 4.69) is 32.4 Å². The van der Waals surface area contributed by atoms with E-state index < -0.39 is 11.6 Å². The molecule has 0 radical (unpaired) electrons. The molecule has 1 aliphatic heterocycles. The lowest BCUT2D eigenvalue weighted by molar-refractivity contribution is 0.576. The van der Waals surface area contributed by atoms with E-state index >= 15 is 0 Å². The third-order valence-corrected chi connectivity index (χ3v) is 4.76. The zero-order chi connectivity index (χ0) is 20.1. The van der Waals surface area contributed by atoms with Crippen LogP contribution in [0.25, 0.3) is 0 Å². The van der Waals surface area contributed by atoms with Gasteiger partial charge in [0.1, 0.15) is 29.7 Å². The second-order valence-corrected chi connectivity index (χ2v) is 6.70. The fraction of sp³-hybridized carbons (Fsp3) is 0.421. The molecule has 1 atom stereocenters. The normalized spacial score (nSPS) is 17.1. The molecular formula is C19H25F2N7. The number of benzene rings is 1. The summed E-state index contributed by atoms with van der Waals surface area (Å²) in [5.74, 6) is 1.08. The van der Waals surface area contributed by atoms with Gasteiger partial charge in [-0.25, -0.2) is 13.8 Å². The van der Waals surface area contributed by atoms with Crippen molar-refractivity contribution in [3.8, 4) is 0 Å². The highest BCUT2D eigenvalue weighted by Crippen LogP contribution is 2.26. The van der Waals surface area contributed by atoms with Crippen LogP contribution in [-0.4, -0.2) is 46.4 Å². The molecule has 1 saturated heterocycles. The maximum Gasteiger partial charge on any atom is 0.192 e. The second-order valence-electron chi connectivity index (χ2n) is 6.70. The molecule has 1 aromatic carbocycles. The summed E-state index contributed by atoms with van der Waals surface area (Å²) in [6, 6.07) is 3.94. The standard InChI is InChI=1S/C19H25F2N7/c1-4-9-22-19(23-11-17-26-25-13(2)27(17)3)24-14-8-10-28(12-14)18-15(20)6-5-7-16(18)21/h4-7,14H,1,8-12H2,2-3H3,(H2,22,23,24). The number of hydrogen-bond acceptors (Lipinski definition) is 4. The highest BCUT2D eigenvalue weighted by Gasteiger charge is 2.27. The van der Waals surface area contributed by atoms with Crippen LogP contribution in [0.3, 0.4) is 0 Å². The third kappa shape index (κ3) is 4.47. The molecule has 0 spiro atoms. The van der Waals surface area contributed by atoms with Gasteiger partial charge in [0.25, 0.3) is 0 Å². The number of para-hydroxylation sites is 1. The van der Waals surface area contributed by atoms with Crippen LogP contribution in [0.5, 0.6) is 0 Å². The maximum absolute atomic E-state index is 14.0. The fourth-order valence-electron chi connectivity index (χ4n) is 3.13.